The maximum atomic E-state index is 10.2. The van der Waals surface area contributed by atoms with Gasteiger partial charge >= 0.3 is 0 Å². The van der Waals surface area contributed by atoms with Crippen molar-refractivity contribution in [3.8, 4) is 0 Å². The maximum absolute atomic E-state index is 10.2. The van der Waals surface area contributed by atoms with Gasteiger partial charge in [-0.05, 0) is 202 Å². The molecule has 54 heavy (non-hydrogen) atoms. The first kappa shape index (κ1) is 37.4. The minimum atomic E-state index is -0.101. The molecule has 8 aliphatic carbocycles. The number of allylic oxidation sites excluding steroid dienone is 3. The van der Waals surface area contributed by atoms with Crippen LogP contribution in [0.25, 0.3) is 5.57 Å². The largest absolute Gasteiger partial charge is 0.393 e. The molecule has 2 nitrogen and oxygen atoms in total. The summed E-state index contributed by atoms with van der Waals surface area (Å²) in [5, 5.41) is 20.4. The summed E-state index contributed by atoms with van der Waals surface area (Å²) < 4.78 is 0. The summed E-state index contributed by atoms with van der Waals surface area (Å²) in [4.78, 5) is 0. The predicted octanol–water partition coefficient (Wildman–Crippen LogP) is 12.8. The molecule has 10 rings (SSSR count). The van der Waals surface area contributed by atoms with Crippen molar-refractivity contribution in [3.63, 3.8) is 0 Å². The van der Waals surface area contributed by atoms with Crippen molar-refractivity contribution < 1.29 is 10.2 Å². The van der Waals surface area contributed by atoms with Gasteiger partial charge in [0, 0.05) is 0 Å². The van der Waals surface area contributed by atoms with Crippen LogP contribution in [0.15, 0.2) is 66.3 Å². The van der Waals surface area contributed by atoms with Crippen LogP contribution in [-0.2, 0) is 0 Å². The summed E-state index contributed by atoms with van der Waals surface area (Å²) in [5.41, 5.74) is 10.7. The molecule has 0 spiro atoms. The SMILES string of the molecule is Cc1cccc(C2=CC[C@H]3[C@@H]4CC=C5C[C@@H](O)CC[C@]5(C)[C@H]4CC[C@]23C)c1.Cc1cccc([C@H]2CC[C@H]3[C@@H]4CCC5C[C@@H](O)CC[C@]5(C)[C@H]4CC[C@]23C)c1. The van der Waals surface area contributed by atoms with Crippen molar-refractivity contribution in [1.82, 2.24) is 0 Å². The van der Waals surface area contributed by atoms with E-state index in [0.29, 0.717) is 21.7 Å². The van der Waals surface area contributed by atoms with E-state index in [-0.39, 0.29) is 12.2 Å². The minimum Gasteiger partial charge on any atom is -0.393 e. The van der Waals surface area contributed by atoms with Gasteiger partial charge in [-0.3, -0.25) is 0 Å². The number of aliphatic hydroxyl groups is 2. The number of hydrogen-bond acceptors (Lipinski definition) is 2. The van der Waals surface area contributed by atoms with E-state index in [9.17, 15) is 10.2 Å². The van der Waals surface area contributed by atoms with Crippen molar-refractivity contribution in [2.75, 3.05) is 0 Å². The lowest BCUT2D eigenvalue weighted by molar-refractivity contribution is -0.122. The highest BCUT2D eigenvalue weighted by atomic mass is 16.3. The second-order valence-electron chi connectivity index (χ2n) is 21.5. The average molecular weight is 729 g/mol. The molecule has 292 valence electrons. The maximum Gasteiger partial charge on any atom is 0.0577 e. The molecule has 1 unspecified atom stereocenters. The van der Waals surface area contributed by atoms with E-state index < -0.39 is 0 Å². The molecule has 2 N–H and O–H groups in total. The first-order chi connectivity index (χ1) is 25.8. The van der Waals surface area contributed by atoms with Crippen molar-refractivity contribution in [1.29, 1.82) is 0 Å². The fraction of sp³-hybridized carbons (Fsp3) is 0.692. The minimum absolute atomic E-state index is 0.0225. The molecule has 0 heterocycles. The van der Waals surface area contributed by atoms with Gasteiger partial charge in [0.15, 0.2) is 0 Å². The summed E-state index contributed by atoms with van der Waals surface area (Å²) in [5.74, 6) is 6.73. The Bertz CT molecular complexity index is 1790. The molecular weight excluding hydrogens is 657 g/mol. The zero-order valence-electron chi connectivity index (χ0n) is 34.8. The van der Waals surface area contributed by atoms with Crippen molar-refractivity contribution in [3.05, 3.63) is 88.5 Å². The summed E-state index contributed by atoms with van der Waals surface area (Å²) >= 11 is 0. The lowest BCUT2D eigenvalue weighted by Gasteiger charge is -2.61. The molecule has 0 aliphatic heterocycles. The van der Waals surface area contributed by atoms with E-state index in [2.05, 4.69) is 102 Å². The Morgan fingerprint density at radius 3 is 2.07 bits per heavy atom. The van der Waals surface area contributed by atoms with E-state index in [1.165, 1.54) is 93.7 Å². The Labute approximate surface area is 328 Å². The first-order valence-corrected chi connectivity index (χ1v) is 22.7. The Morgan fingerprint density at radius 1 is 0.574 bits per heavy atom. The third-order valence-corrected chi connectivity index (χ3v) is 19.1. The molecule has 0 saturated heterocycles. The molecule has 2 heteroatoms. The van der Waals surface area contributed by atoms with Crippen LogP contribution in [0.1, 0.15) is 159 Å². The van der Waals surface area contributed by atoms with Gasteiger partial charge in [0.2, 0.25) is 0 Å². The van der Waals surface area contributed by atoms with Crippen LogP contribution >= 0.6 is 0 Å². The summed E-state index contributed by atoms with van der Waals surface area (Å²) in [6.07, 6.45) is 25.1. The van der Waals surface area contributed by atoms with Crippen LogP contribution < -0.4 is 0 Å². The van der Waals surface area contributed by atoms with Crippen molar-refractivity contribution in [2.24, 2.45) is 63.1 Å². The van der Waals surface area contributed by atoms with Crippen LogP contribution in [0.3, 0.4) is 0 Å². The predicted molar refractivity (Wildman–Crippen MR) is 224 cm³/mol. The topological polar surface area (TPSA) is 40.5 Å². The number of aryl methyl sites for hydroxylation is 2. The number of rotatable bonds is 2. The molecule has 0 amide bonds. The van der Waals surface area contributed by atoms with E-state index in [1.54, 1.807) is 16.7 Å². The molecular formula is C52H72O2. The number of aliphatic hydroxyl groups excluding tert-OH is 2. The van der Waals surface area contributed by atoms with Crippen molar-refractivity contribution >= 4 is 5.57 Å². The molecule has 0 aromatic heterocycles. The van der Waals surface area contributed by atoms with Gasteiger partial charge in [-0.2, -0.15) is 0 Å². The van der Waals surface area contributed by atoms with Crippen LogP contribution in [0.4, 0.5) is 0 Å². The van der Waals surface area contributed by atoms with Crippen LogP contribution in [0.5, 0.6) is 0 Å². The third-order valence-electron chi connectivity index (χ3n) is 19.1. The van der Waals surface area contributed by atoms with Gasteiger partial charge < -0.3 is 10.2 Å². The fourth-order valence-electron chi connectivity index (χ4n) is 16.1. The molecule has 2 aromatic rings. The van der Waals surface area contributed by atoms with Crippen LogP contribution in [0.2, 0.25) is 0 Å². The Balaban J connectivity index is 0.000000142. The van der Waals surface area contributed by atoms with Gasteiger partial charge in [0.25, 0.3) is 0 Å². The number of fused-ring (bicyclic) bond motifs is 10. The molecule has 8 aliphatic rings. The van der Waals surface area contributed by atoms with E-state index in [1.807, 2.05) is 0 Å². The normalized spacial score (nSPS) is 46.2. The molecule has 6 saturated carbocycles. The number of hydrogen-bond donors (Lipinski definition) is 2. The van der Waals surface area contributed by atoms with Crippen LogP contribution in [0, 0.1) is 76.9 Å². The summed E-state index contributed by atoms with van der Waals surface area (Å²) in [6.45, 7) is 14.8. The van der Waals surface area contributed by atoms with Crippen LogP contribution in [-0.4, -0.2) is 22.4 Å². The fourth-order valence-corrected chi connectivity index (χ4v) is 16.1. The smallest absolute Gasteiger partial charge is 0.0577 e. The zero-order chi connectivity index (χ0) is 37.6. The molecule has 0 bridgehead atoms. The lowest BCUT2D eigenvalue weighted by atomic mass is 9.44. The second kappa shape index (κ2) is 13.7. The second-order valence-corrected chi connectivity index (χ2v) is 21.5. The first-order valence-electron chi connectivity index (χ1n) is 22.7. The molecule has 0 radical (unpaired) electrons. The number of benzene rings is 2. The third kappa shape index (κ3) is 5.91. The van der Waals surface area contributed by atoms with E-state index in [4.69, 9.17) is 0 Å². The highest BCUT2D eigenvalue weighted by Gasteiger charge is 2.61. The van der Waals surface area contributed by atoms with Gasteiger partial charge in [-0.1, -0.05) is 105 Å². The molecule has 6 fully saturated rings. The van der Waals surface area contributed by atoms with E-state index >= 15 is 0 Å². The van der Waals surface area contributed by atoms with Gasteiger partial charge in [0.05, 0.1) is 12.2 Å². The van der Waals surface area contributed by atoms with Crippen molar-refractivity contribution in [2.45, 2.75) is 162 Å². The van der Waals surface area contributed by atoms with Gasteiger partial charge in [0.1, 0.15) is 0 Å². The summed E-state index contributed by atoms with van der Waals surface area (Å²) in [7, 11) is 0. The Hall–Kier alpha value is -2.16. The quantitative estimate of drug-likeness (QED) is 0.302. The lowest BCUT2D eigenvalue weighted by Crippen LogP contribution is -2.53. The van der Waals surface area contributed by atoms with E-state index in [0.717, 1.165) is 73.0 Å². The highest BCUT2D eigenvalue weighted by molar-refractivity contribution is 5.73. The monoisotopic (exact) mass is 729 g/mol. The Kier molecular flexibility index (Phi) is 9.53. The summed E-state index contributed by atoms with van der Waals surface area (Å²) in [6, 6.07) is 18.5. The molecule has 2 aromatic carbocycles. The zero-order valence-corrected chi connectivity index (χ0v) is 34.8. The highest BCUT2D eigenvalue weighted by Crippen LogP contribution is 2.70. The standard InChI is InChI=1S/C26H38O.C26H34O/c2*1-17-5-4-6-18(15-17)22-9-10-23-21-8-7-19-16-20(27)11-13-25(19,2)24(21)12-14-26(22,23)3/h4-6,15,19-24,27H,7-14,16H2,1-3H3;4-7,9,15,20-21,23-24,27H,8,10-14,16H2,1-3H3/t19?,20-,21-,22+,23-,24-,25-,26+;20-,21-,23-,24-,25-,26+/m00/s1. The average Bonchev–Trinajstić information content (AvgIpc) is 3.69. The Morgan fingerprint density at radius 2 is 1.28 bits per heavy atom. The molecule has 14 atom stereocenters. The van der Waals surface area contributed by atoms with Gasteiger partial charge in [-0.25, -0.2) is 0 Å². The van der Waals surface area contributed by atoms with Gasteiger partial charge in [-0.15, -0.1) is 0 Å².